The molecular formula is C23H18O. The molecule has 0 spiro atoms. The molecule has 0 radical (unpaired) electrons. The van der Waals surface area contributed by atoms with E-state index >= 15 is 0 Å². The zero-order valence-corrected chi connectivity index (χ0v) is 13.6. The van der Waals surface area contributed by atoms with Gasteiger partial charge in [-0.3, -0.25) is 4.79 Å². The highest BCUT2D eigenvalue weighted by atomic mass is 16.1. The Hall–Kier alpha value is -2.93. The predicted octanol–water partition coefficient (Wildman–Crippen LogP) is 5.80. The van der Waals surface area contributed by atoms with Crippen LogP contribution >= 0.6 is 0 Å². The Morgan fingerprint density at radius 3 is 2.38 bits per heavy atom. The average molecular weight is 310 g/mol. The Morgan fingerprint density at radius 1 is 0.833 bits per heavy atom. The third-order valence-electron chi connectivity index (χ3n) is 4.60. The molecule has 116 valence electrons. The molecule has 1 aliphatic rings. The van der Waals surface area contributed by atoms with Gasteiger partial charge in [-0.2, -0.15) is 0 Å². The molecule has 0 atom stereocenters. The predicted molar refractivity (Wildman–Crippen MR) is 100 cm³/mol. The van der Waals surface area contributed by atoms with Crippen LogP contribution in [0.25, 0.3) is 16.3 Å². The molecule has 0 unspecified atom stereocenters. The molecule has 1 nitrogen and oxygen atoms in total. The Morgan fingerprint density at radius 2 is 1.54 bits per heavy atom. The fraction of sp³-hybridized carbons (Fsp3) is 0.0870. The van der Waals surface area contributed by atoms with Gasteiger partial charge >= 0.3 is 0 Å². The summed E-state index contributed by atoms with van der Waals surface area (Å²) in [5.74, 6) is 0.0906. The van der Waals surface area contributed by atoms with Crippen LogP contribution in [0.1, 0.15) is 34.8 Å². The van der Waals surface area contributed by atoms with Crippen LogP contribution in [-0.4, -0.2) is 5.78 Å². The minimum absolute atomic E-state index is 0.0906. The van der Waals surface area contributed by atoms with Crippen LogP contribution in [0, 0.1) is 0 Å². The van der Waals surface area contributed by atoms with E-state index in [-0.39, 0.29) is 5.78 Å². The monoisotopic (exact) mass is 310 g/mol. The first-order chi connectivity index (χ1) is 11.7. The van der Waals surface area contributed by atoms with E-state index in [1.54, 1.807) is 0 Å². The van der Waals surface area contributed by atoms with Crippen molar-refractivity contribution in [3.63, 3.8) is 0 Å². The smallest absolute Gasteiger partial charge is 0.194 e. The fourth-order valence-electron chi connectivity index (χ4n) is 3.38. The highest BCUT2D eigenvalue weighted by molar-refractivity contribution is 6.18. The zero-order valence-electron chi connectivity index (χ0n) is 13.6. The summed E-state index contributed by atoms with van der Waals surface area (Å²) >= 11 is 0. The quantitative estimate of drug-likeness (QED) is 0.558. The Bertz CT molecular complexity index is 1000. The molecule has 3 aromatic carbocycles. The van der Waals surface area contributed by atoms with Crippen LogP contribution in [0.5, 0.6) is 0 Å². The molecule has 0 aromatic heterocycles. The van der Waals surface area contributed by atoms with Gasteiger partial charge < -0.3 is 0 Å². The molecule has 0 amide bonds. The van der Waals surface area contributed by atoms with Crippen molar-refractivity contribution in [2.45, 2.75) is 13.3 Å². The minimum atomic E-state index is 0.0906. The molecule has 0 N–H and O–H groups in total. The lowest BCUT2D eigenvalue weighted by atomic mass is 9.91. The van der Waals surface area contributed by atoms with Crippen LogP contribution < -0.4 is 0 Å². The van der Waals surface area contributed by atoms with Crippen LogP contribution in [0.15, 0.2) is 84.5 Å². The van der Waals surface area contributed by atoms with Gasteiger partial charge in [0.1, 0.15) is 0 Å². The van der Waals surface area contributed by atoms with Crippen LogP contribution in [0.3, 0.4) is 0 Å². The maximum Gasteiger partial charge on any atom is 0.194 e. The lowest BCUT2D eigenvalue weighted by molar-refractivity contribution is 0.104. The minimum Gasteiger partial charge on any atom is -0.289 e. The van der Waals surface area contributed by atoms with Crippen molar-refractivity contribution >= 4 is 22.1 Å². The van der Waals surface area contributed by atoms with Gasteiger partial charge in [0.2, 0.25) is 0 Å². The first kappa shape index (κ1) is 14.6. The molecule has 0 bridgehead atoms. The van der Waals surface area contributed by atoms with Crippen molar-refractivity contribution in [1.29, 1.82) is 0 Å². The highest BCUT2D eigenvalue weighted by Crippen LogP contribution is 2.31. The number of hydrogen-bond acceptors (Lipinski definition) is 1. The Kier molecular flexibility index (Phi) is 3.62. The van der Waals surface area contributed by atoms with E-state index in [1.165, 1.54) is 11.1 Å². The molecule has 0 saturated carbocycles. The standard InChI is InChI=1S/C23H18O/c1-16-13-14-18(15-16)20-10-4-5-11-21(20)23(24)22-12-6-8-17-7-2-3-9-19(17)22/h2-13,15H,14H2,1H3. The molecule has 24 heavy (non-hydrogen) atoms. The van der Waals surface area contributed by atoms with Crippen LogP contribution in [-0.2, 0) is 0 Å². The van der Waals surface area contributed by atoms with E-state index in [0.717, 1.165) is 33.9 Å². The molecule has 1 aliphatic carbocycles. The lowest BCUT2D eigenvalue weighted by Crippen LogP contribution is -2.05. The number of ketones is 1. The van der Waals surface area contributed by atoms with Crippen molar-refractivity contribution in [2.75, 3.05) is 0 Å². The van der Waals surface area contributed by atoms with Gasteiger partial charge in [0.05, 0.1) is 0 Å². The van der Waals surface area contributed by atoms with Crippen molar-refractivity contribution < 1.29 is 4.79 Å². The number of carbonyl (C=O) groups excluding carboxylic acids is 1. The van der Waals surface area contributed by atoms with Crippen molar-refractivity contribution in [3.8, 4) is 0 Å². The molecule has 0 fully saturated rings. The van der Waals surface area contributed by atoms with E-state index in [4.69, 9.17) is 0 Å². The summed E-state index contributed by atoms with van der Waals surface area (Å²) < 4.78 is 0. The normalized spacial score (nSPS) is 13.7. The maximum atomic E-state index is 13.3. The molecule has 0 aliphatic heterocycles. The third kappa shape index (κ3) is 2.48. The van der Waals surface area contributed by atoms with Gasteiger partial charge in [-0.1, -0.05) is 84.5 Å². The summed E-state index contributed by atoms with van der Waals surface area (Å²) in [6.45, 7) is 2.10. The topological polar surface area (TPSA) is 17.1 Å². The Labute approximate surface area is 142 Å². The van der Waals surface area contributed by atoms with E-state index in [2.05, 4.69) is 25.1 Å². The number of benzene rings is 3. The first-order valence-corrected chi connectivity index (χ1v) is 8.23. The van der Waals surface area contributed by atoms with E-state index < -0.39 is 0 Å². The van der Waals surface area contributed by atoms with Crippen LogP contribution in [0.2, 0.25) is 0 Å². The maximum absolute atomic E-state index is 13.3. The van der Waals surface area contributed by atoms with E-state index in [9.17, 15) is 4.79 Å². The second kappa shape index (κ2) is 5.93. The Balaban J connectivity index is 1.85. The number of fused-ring (bicyclic) bond motifs is 1. The van der Waals surface area contributed by atoms with E-state index in [1.807, 2.05) is 60.7 Å². The number of hydrogen-bond donors (Lipinski definition) is 0. The van der Waals surface area contributed by atoms with Gasteiger partial charge in [0, 0.05) is 11.1 Å². The van der Waals surface area contributed by atoms with Gasteiger partial charge in [0.15, 0.2) is 5.78 Å². The fourth-order valence-corrected chi connectivity index (χ4v) is 3.38. The average Bonchev–Trinajstić information content (AvgIpc) is 3.07. The van der Waals surface area contributed by atoms with Gasteiger partial charge in [-0.25, -0.2) is 0 Å². The van der Waals surface area contributed by atoms with Crippen molar-refractivity contribution in [1.82, 2.24) is 0 Å². The second-order valence-corrected chi connectivity index (χ2v) is 6.22. The first-order valence-electron chi connectivity index (χ1n) is 8.23. The molecular weight excluding hydrogens is 292 g/mol. The van der Waals surface area contributed by atoms with Crippen LogP contribution in [0.4, 0.5) is 0 Å². The number of allylic oxidation sites excluding steroid dienone is 4. The number of rotatable bonds is 3. The summed E-state index contributed by atoms with van der Waals surface area (Å²) in [5.41, 5.74) is 5.07. The molecule has 4 rings (SSSR count). The largest absolute Gasteiger partial charge is 0.289 e. The summed E-state index contributed by atoms with van der Waals surface area (Å²) in [6.07, 6.45) is 5.27. The summed E-state index contributed by atoms with van der Waals surface area (Å²) in [7, 11) is 0. The second-order valence-electron chi connectivity index (χ2n) is 6.22. The summed E-state index contributed by atoms with van der Waals surface area (Å²) in [6, 6.07) is 21.9. The van der Waals surface area contributed by atoms with Crippen molar-refractivity contribution in [2.24, 2.45) is 0 Å². The van der Waals surface area contributed by atoms with E-state index in [0.29, 0.717) is 0 Å². The van der Waals surface area contributed by atoms with Gasteiger partial charge in [-0.15, -0.1) is 0 Å². The zero-order chi connectivity index (χ0) is 16.5. The highest BCUT2D eigenvalue weighted by Gasteiger charge is 2.18. The molecule has 0 saturated heterocycles. The summed E-state index contributed by atoms with van der Waals surface area (Å²) in [5, 5.41) is 2.10. The SMILES string of the molecule is CC1=CCC(c2ccccc2C(=O)c2cccc3ccccc23)=C1. The van der Waals surface area contributed by atoms with Gasteiger partial charge in [0.25, 0.3) is 0 Å². The van der Waals surface area contributed by atoms with Crippen molar-refractivity contribution in [3.05, 3.63) is 101 Å². The number of carbonyl (C=O) groups is 1. The molecule has 0 heterocycles. The molecule has 1 heteroatoms. The third-order valence-corrected chi connectivity index (χ3v) is 4.60. The lowest BCUT2D eigenvalue weighted by Gasteiger charge is -2.11. The summed E-state index contributed by atoms with van der Waals surface area (Å²) in [4.78, 5) is 13.3. The molecule has 3 aromatic rings. The van der Waals surface area contributed by atoms with Gasteiger partial charge in [-0.05, 0) is 35.3 Å².